The third-order valence-electron chi connectivity index (χ3n) is 3.04. The molecule has 3 aromatic rings. The van der Waals surface area contributed by atoms with Gasteiger partial charge in [0.15, 0.2) is 0 Å². The molecule has 0 aliphatic carbocycles. The summed E-state index contributed by atoms with van der Waals surface area (Å²) in [7, 11) is 0. The monoisotopic (exact) mass is 347 g/mol. The van der Waals surface area contributed by atoms with E-state index in [1.165, 1.54) is 0 Å². The summed E-state index contributed by atoms with van der Waals surface area (Å²) in [5, 5.41) is 11.1. The lowest BCUT2D eigenvalue weighted by Gasteiger charge is -2.02. The normalized spacial score (nSPS) is 10.5. The van der Waals surface area contributed by atoms with Gasteiger partial charge in [0.25, 0.3) is 0 Å². The van der Waals surface area contributed by atoms with E-state index in [2.05, 4.69) is 15.5 Å². The lowest BCUT2D eigenvalue weighted by Crippen LogP contribution is -2.14. The van der Waals surface area contributed by atoms with Crippen LogP contribution in [0.4, 0.5) is 6.01 Å². The average molecular weight is 348 g/mol. The maximum absolute atomic E-state index is 12.0. The third kappa shape index (κ3) is 3.88. The number of nitrogens with one attached hydrogen (secondary N) is 1. The number of hydrogen-bond donors (Lipinski definition) is 1. The van der Waals surface area contributed by atoms with E-state index in [4.69, 9.17) is 27.6 Å². The minimum absolute atomic E-state index is 0.0499. The highest BCUT2D eigenvalue weighted by Gasteiger charge is 2.12. The SMILES string of the molecule is O=C(Cc1ccc(Cl)c(Cl)c1)Nc1nnc(-c2ccccc2)o1. The van der Waals surface area contributed by atoms with Crippen molar-refractivity contribution in [3.63, 3.8) is 0 Å². The zero-order valence-electron chi connectivity index (χ0n) is 11.8. The number of anilines is 1. The molecule has 3 rings (SSSR count). The molecule has 5 nitrogen and oxygen atoms in total. The molecular formula is C16H11Cl2N3O2. The van der Waals surface area contributed by atoms with Crippen molar-refractivity contribution < 1.29 is 9.21 Å². The van der Waals surface area contributed by atoms with E-state index < -0.39 is 0 Å². The van der Waals surface area contributed by atoms with Crippen LogP contribution in [0.5, 0.6) is 0 Å². The van der Waals surface area contributed by atoms with Gasteiger partial charge in [-0.05, 0) is 29.8 Å². The molecular weight excluding hydrogens is 337 g/mol. The fourth-order valence-corrected chi connectivity index (χ4v) is 2.29. The fraction of sp³-hybridized carbons (Fsp3) is 0.0625. The topological polar surface area (TPSA) is 68.0 Å². The molecule has 1 aromatic heterocycles. The number of nitrogens with zero attached hydrogens (tertiary/aromatic N) is 2. The fourth-order valence-electron chi connectivity index (χ4n) is 1.97. The minimum Gasteiger partial charge on any atom is -0.403 e. The first-order valence-corrected chi connectivity index (χ1v) is 7.50. The Labute approximate surface area is 142 Å². The molecule has 0 saturated carbocycles. The van der Waals surface area contributed by atoms with E-state index in [9.17, 15) is 4.79 Å². The van der Waals surface area contributed by atoms with Gasteiger partial charge >= 0.3 is 6.01 Å². The number of benzene rings is 2. The largest absolute Gasteiger partial charge is 0.403 e. The van der Waals surface area contributed by atoms with Crippen LogP contribution in [0.15, 0.2) is 52.9 Å². The molecule has 0 aliphatic rings. The van der Waals surface area contributed by atoms with Gasteiger partial charge in [-0.25, -0.2) is 0 Å². The summed E-state index contributed by atoms with van der Waals surface area (Å²) in [6.45, 7) is 0. The molecule has 0 bridgehead atoms. The van der Waals surface area contributed by atoms with E-state index in [0.29, 0.717) is 15.9 Å². The van der Waals surface area contributed by atoms with Crippen molar-refractivity contribution in [2.45, 2.75) is 6.42 Å². The van der Waals surface area contributed by atoms with Crippen molar-refractivity contribution in [3.05, 3.63) is 64.1 Å². The Morgan fingerprint density at radius 2 is 1.83 bits per heavy atom. The number of hydrogen-bond acceptors (Lipinski definition) is 4. The van der Waals surface area contributed by atoms with Crippen molar-refractivity contribution in [1.29, 1.82) is 0 Å². The van der Waals surface area contributed by atoms with E-state index in [1.54, 1.807) is 18.2 Å². The van der Waals surface area contributed by atoms with Crippen LogP contribution in [0.2, 0.25) is 10.0 Å². The van der Waals surface area contributed by atoms with Crippen LogP contribution in [0.3, 0.4) is 0 Å². The molecule has 0 unspecified atom stereocenters. The van der Waals surface area contributed by atoms with Crippen molar-refractivity contribution in [2.75, 3.05) is 5.32 Å². The molecule has 1 heterocycles. The molecule has 0 fully saturated rings. The first kappa shape index (κ1) is 15.5. The lowest BCUT2D eigenvalue weighted by molar-refractivity contribution is -0.115. The van der Waals surface area contributed by atoms with E-state index in [-0.39, 0.29) is 18.3 Å². The van der Waals surface area contributed by atoms with Crippen LogP contribution < -0.4 is 5.32 Å². The molecule has 1 N–H and O–H groups in total. The van der Waals surface area contributed by atoms with Crippen molar-refractivity contribution in [3.8, 4) is 11.5 Å². The Kier molecular flexibility index (Phi) is 4.60. The Morgan fingerprint density at radius 1 is 1.04 bits per heavy atom. The molecule has 1 amide bonds. The van der Waals surface area contributed by atoms with E-state index in [1.807, 2.05) is 30.3 Å². The number of amides is 1. The van der Waals surface area contributed by atoms with Crippen LogP contribution in [0.25, 0.3) is 11.5 Å². The summed E-state index contributed by atoms with van der Waals surface area (Å²) in [6, 6.07) is 14.4. The number of aromatic nitrogens is 2. The smallest absolute Gasteiger partial charge is 0.322 e. The molecule has 116 valence electrons. The average Bonchev–Trinajstić information content (AvgIpc) is 3.00. The highest BCUT2D eigenvalue weighted by atomic mass is 35.5. The Morgan fingerprint density at radius 3 is 2.57 bits per heavy atom. The van der Waals surface area contributed by atoms with Gasteiger partial charge in [-0.2, -0.15) is 0 Å². The zero-order valence-corrected chi connectivity index (χ0v) is 13.3. The molecule has 0 spiro atoms. The van der Waals surface area contributed by atoms with Gasteiger partial charge in [0.1, 0.15) is 0 Å². The molecule has 23 heavy (non-hydrogen) atoms. The third-order valence-corrected chi connectivity index (χ3v) is 3.78. The van der Waals surface area contributed by atoms with Gasteiger partial charge in [0.05, 0.1) is 16.5 Å². The quantitative estimate of drug-likeness (QED) is 0.766. The van der Waals surface area contributed by atoms with Crippen LogP contribution in [0.1, 0.15) is 5.56 Å². The maximum Gasteiger partial charge on any atom is 0.322 e. The van der Waals surface area contributed by atoms with Gasteiger partial charge in [-0.3, -0.25) is 10.1 Å². The number of carbonyl (C=O) groups is 1. The summed E-state index contributed by atoms with van der Waals surface area (Å²) < 4.78 is 5.42. The van der Waals surface area contributed by atoms with Crippen molar-refractivity contribution in [2.24, 2.45) is 0 Å². The first-order chi connectivity index (χ1) is 11.1. The first-order valence-electron chi connectivity index (χ1n) is 6.74. The molecule has 0 atom stereocenters. The summed E-state index contributed by atoms with van der Waals surface area (Å²) in [4.78, 5) is 12.0. The second kappa shape index (κ2) is 6.81. The molecule has 7 heteroatoms. The highest BCUT2D eigenvalue weighted by Crippen LogP contribution is 2.23. The van der Waals surface area contributed by atoms with Crippen molar-refractivity contribution in [1.82, 2.24) is 10.2 Å². The molecule has 0 aliphatic heterocycles. The summed E-state index contributed by atoms with van der Waals surface area (Å²) in [6.07, 6.45) is 0.125. The molecule has 0 radical (unpaired) electrons. The van der Waals surface area contributed by atoms with Gasteiger partial charge in [0, 0.05) is 5.56 Å². The summed E-state index contributed by atoms with van der Waals surface area (Å²) in [5.74, 6) is 0.0575. The van der Waals surface area contributed by atoms with Crippen LogP contribution in [-0.2, 0) is 11.2 Å². The minimum atomic E-state index is -0.286. The van der Waals surface area contributed by atoms with E-state index >= 15 is 0 Å². The van der Waals surface area contributed by atoms with Gasteiger partial charge < -0.3 is 4.42 Å². The standard InChI is InChI=1S/C16H11Cl2N3O2/c17-12-7-6-10(8-13(12)18)9-14(22)19-16-21-20-15(23-16)11-4-2-1-3-5-11/h1-8H,9H2,(H,19,21,22). The zero-order chi connectivity index (χ0) is 16.2. The van der Waals surface area contributed by atoms with Crippen LogP contribution >= 0.6 is 23.2 Å². The number of rotatable bonds is 4. The number of halogens is 2. The predicted octanol–water partition coefficient (Wildman–Crippen LogP) is 4.22. The lowest BCUT2D eigenvalue weighted by atomic mass is 10.1. The number of carbonyl (C=O) groups excluding carboxylic acids is 1. The predicted molar refractivity (Wildman–Crippen MR) is 88.5 cm³/mol. The summed E-state index contributed by atoms with van der Waals surface area (Å²) in [5.41, 5.74) is 1.52. The van der Waals surface area contributed by atoms with E-state index in [0.717, 1.165) is 11.1 Å². The second-order valence-corrected chi connectivity index (χ2v) is 5.57. The van der Waals surface area contributed by atoms with Gasteiger partial charge in [-0.1, -0.05) is 52.6 Å². The Bertz CT molecular complexity index is 834. The molecule has 0 saturated heterocycles. The second-order valence-electron chi connectivity index (χ2n) is 4.75. The Hall–Kier alpha value is -2.37. The van der Waals surface area contributed by atoms with Gasteiger partial charge in [0.2, 0.25) is 11.8 Å². The molecule has 2 aromatic carbocycles. The van der Waals surface area contributed by atoms with Crippen molar-refractivity contribution >= 4 is 35.1 Å². The van der Waals surface area contributed by atoms with Gasteiger partial charge in [-0.15, -0.1) is 5.10 Å². The van der Waals surface area contributed by atoms with Crippen LogP contribution in [0, 0.1) is 0 Å². The highest BCUT2D eigenvalue weighted by molar-refractivity contribution is 6.42. The maximum atomic E-state index is 12.0. The summed E-state index contributed by atoms with van der Waals surface area (Å²) >= 11 is 11.8. The Balaban J connectivity index is 1.66. The van der Waals surface area contributed by atoms with Crippen LogP contribution in [-0.4, -0.2) is 16.1 Å².